The summed E-state index contributed by atoms with van der Waals surface area (Å²) in [5, 5.41) is 3.23. The van der Waals surface area contributed by atoms with Crippen LogP contribution in [0.3, 0.4) is 0 Å². The molecule has 6 nitrogen and oxygen atoms in total. The number of ether oxygens (including phenoxy) is 1. The van der Waals surface area contributed by atoms with Gasteiger partial charge in [-0.25, -0.2) is 4.98 Å². The summed E-state index contributed by atoms with van der Waals surface area (Å²) in [6, 6.07) is 6.79. The molecule has 0 aliphatic heterocycles. The fourth-order valence-electron chi connectivity index (χ4n) is 1.62. The summed E-state index contributed by atoms with van der Waals surface area (Å²) in [6.45, 7) is 1.82. The predicted molar refractivity (Wildman–Crippen MR) is 87.7 cm³/mol. The maximum Gasteiger partial charge on any atom is 0.257 e. The van der Waals surface area contributed by atoms with Crippen LogP contribution >= 0.6 is 23.1 Å². The number of nitrogens with one attached hydrogen (secondary N) is 1. The number of hydrogen-bond donors (Lipinski definition) is 2. The SMILES string of the molecule is COc1ccc(C(=O)Nc2nc(C)c(SCC(N)=O)s2)cc1. The van der Waals surface area contributed by atoms with E-state index in [4.69, 9.17) is 10.5 Å². The maximum atomic E-state index is 12.1. The van der Waals surface area contributed by atoms with E-state index in [0.29, 0.717) is 16.4 Å². The first kappa shape index (κ1) is 16.3. The van der Waals surface area contributed by atoms with Gasteiger partial charge in [-0.1, -0.05) is 11.3 Å². The van der Waals surface area contributed by atoms with E-state index in [-0.39, 0.29) is 17.6 Å². The Morgan fingerprint density at radius 3 is 2.64 bits per heavy atom. The van der Waals surface area contributed by atoms with Crippen molar-refractivity contribution in [3.63, 3.8) is 0 Å². The summed E-state index contributed by atoms with van der Waals surface area (Å²) >= 11 is 2.64. The van der Waals surface area contributed by atoms with Gasteiger partial charge in [-0.3, -0.25) is 14.9 Å². The third-order valence-corrected chi connectivity index (χ3v) is 5.13. The Balaban J connectivity index is 2.04. The summed E-state index contributed by atoms with van der Waals surface area (Å²) in [5.74, 6) is 0.241. The third-order valence-electron chi connectivity index (χ3n) is 2.67. The number of anilines is 1. The van der Waals surface area contributed by atoms with E-state index in [9.17, 15) is 9.59 Å². The number of hydrogen-bond acceptors (Lipinski definition) is 6. The van der Waals surface area contributed by atoms with E-state index in [2.05, 4.69) is 10.3 Å². The summed E-state index contributed by atoms with van der Waals surface area (Å²) < 4.78 is 5.91. The normalized spacial score (nSPS) is 10.3. The minimum absolute atomic E-state index is 0.189. The van der Waals surface area contributed by atoms with Gasteiger partial charge in [0, 0.05) is 5.56 Å². The van der Waals surface area contributed by atoms with Crippen molar-refractivity contribution in [3.8, 4) is 5.75 Å². The molecule has 0 saturated heterocycles. The molecule has 1 aromatic carbocycles. The topological polar surface area (TPSA) is 94.3 Å². The lowest BCUT2D eigenvalue weighted by atomic mass is 10.2. The van der Waals surface area contributed by atoms with E-state index >= 15 is 0 Å². The number of primary amides is 1. The number of aryl methyl sites for hydroxylation is 1. The third kappa shape index (κ3) is 4.22. The van der Waals surface area contributed by atoms with Gasteiger partial charge < -0.3 is 10.5 Å². The Morgan fingerprint density at radius 1 is 1.36 bits per heavy atom. The first-order valence-corrected chi connectivity index (χ1v) is 8.13. The highest BCUT2D eigenvalue weighted by Crippen LogP contribution is 2.32. The number of thiazole rings is 1. The molecule has 0 unspecified atom stereocenters. The second-order valence-electron chi connectivity index (χ2n) is 4.33. The van der Waals surface area contributed by atoms with Crippen molar-refractivity contribution in [2.24, 2.45) is 5.73 Å². The molecule has 2 aromatic rings. The second-order valence-corrected chi connectivity index (χ2v) is 6.57. The molecule has 8 heteroatoms. The average molecular weight is 337 g/mol. The molecular weight excluding hydrogens is 322 g/mol. The number of aromatic nitrogens is 1. The van der Waals surface area contributed by atoms with Crippen LogP contribution in [0.4, 0.5) is 5.13 Å². The first-order valence-electron chi connectivity index (χ1n) is 6.33. The number of carbonyl (C=O) groups is 2. The van der Waals surface area contributed by atoms with Gasteiger partial charge in [0.1, 0.15) is 5.75 Å². The molecular formula is C14H15N3O3S2. The van der Waals surface area contributed by atoms with Gasteiger partial charge in [0.25, 0.3) is 5.91 Å². The summed E-state index contributed by atoms with van der Waals surface area (Å²) in [7, 11) is 1.57. The molecule has 0 fully saturated rings. The molecule has 2 rings (SSSR count). The molecule has 2 amide bonds. The molecule has 0 atom stereocenters. The minimum atomic E-state index is -0.387. The number of thioether (sulfide) groups is 1. The first-order chi connectivity index (χ1) is 10.5. The standard InChI is InChI=1S/C14H15N3O3S2/c1-8-13(21-7-11(15)18)22-14(16-8)17-12(19)9-3-5-10(20-2)6-4-9/h3-6H,7H2,1-2H3,(H2,15,18)(H,16,17,19). The zero-order chi connectivity index (χ0) is 16.1. The van der Waals surface area contributed by atoms with E-state index in [1.807, 2.05) is 6.92 Å². The summed E-state index contributed by atoms with van der Waals surface area (Å²) in [4.78, 5) is 27.2. The van der Waals surface area contributed by atoms with Crippen LogP contribution in [0, 0.1) is 6.92 Å². The molecule has 116 valence electrons. The van der Waals surface area contributed by atoms with Crippen LogP contribution in [-0.2, 0) is 4.79 Å². The number of nitrogens with zero attached hydrogens (tertiary/aromatic N) is 1. The lowest BCUT2D eigenvalue weighted by Crippen LogP contribution is -2.12. The molecule has 1 aromatic heterocycles. The van der Waals surface area contributed by atoms with Crippen LogP contribution in [0.25, 0.3) is 0 Å². The number of amides is 2. The van der Waals surface area contributed by atoms with Crippen molar-refractivity contribution >= 4 is 40.0 Å². The van der Waals surface area contributed by atoms with Gasteiger partial charge in [0.15, 0.2) is 5.13 Å². The molecule has 0 aliphatic rings. The fraction of sp³-hybridized carbons (Fsp3) is 0.214. The van der Waals surface area contributed by atoms with E-state index in [0.717, 1.165) is 9.90 Å². The second kappa shape index (κ2) is 7.28. The molecule has 0 spiro atoms. The molecule has 1 heterocycles. The van der Waals surface area contributed by atoms with E-state index in [1.54, 1.807) is 31.4 Å². The van der Waals surface area contributed by atoms with Crippen molar-refractivity contribution in [3.05, 3.63) is 35.5 Å². The van der Waals surface area contributed by atoms with Crippen LogP contribution in [0.2, 0.25) is 0 Å². The van der Waals surface area contributed by atoms with Gasteiger partial charge >= 0.3 is 0 Å². The highest BCUT2D eigenvalue weighted by Gasteiger charge is 2.13. The molecule has 0 saturated carbocycles. The Kier molecular flexibility index (Phi) is 5.40. The Morgan fingerprint density at radius 2 is 2.05 bits per heavy atom. The maximum absolute atomic E-state index is 12.1. The fourth-order valence-corrected chi connectivity index (χ4v) is 3.49. The average Bonchev–Trinajstić information content (AvgIpc) is 2.85. The molecule has 3 N–H and O–H groups in total. The quantitative estimate of drug-likeness (QED) is 0.789. The van der Waals surface area contributed by atoms with Gasteiger partial charge in [-0.05, 0) is 31.2 Å². The zero-order valence-corrected chi connectivity index (χ0v) is 13.7. The monoisotopic (exact) mass is 337 g/mol. The van der Waals surface area contributed by atoms with Crippen molar-refractivity contribution in [1.82, 2.24) is 4.98 Å². The van der Waals surface area contributed by atoms with Gasteiger partial charge in [0.2, 0.25) is 5.91 Å². The van der Waals surface area contributed by atoms with Crippen LogP contribution in [-0.4, -0.2) is 29.7 Å². The lowest BCUT2D eigenvalue weighted by molar-refractivity contribution is -0.115. The van der Waals surface area contributed by atoms with Crippen molar-refractivity contribution in [2.75, 3.05) is 18.2 Å². The van der Waals surface area contributed by atoms with E-state index < -0.39 is 0 Å². The molecule has 0 radical (unpaired) electrons. The van der Waals surface area contributed by atoms with Gasteiger partial charge in [-0.2, -0.15) is 0 Å². The lowest BCUT2D eigenvalue weighted by Gasteiger charge is -2.03. The van der Waals surface area contributed by atoms with Crippen molar-refractivity contribution in [1.29, 1.82) is 0 Å². The molecule has 0 bridgehead atoms. The Hall–Kier alpha value is -2.06. The summed E-state index contributed by atoms with van der Waals surface area (Å²) in [6.07, 6.45) is 0. The molecule has 22 heavy (non-hydrogen) atoms. The van der Waals surface area contributed by atoms with Gasteiger partial charge in [-0.15, -0.1) is 11.8 Å². The van der Waals surface area contributed by atoms with Crippen molar-refractivity contribution < 1.29 is 14.3 Å². The number of rotatable bonds is 6. The Labute approximate surface area is 136 Å². The number of carbonyl (C=O) groups excluding carboxylic acids is 2. The van der Waals surface area contributed by atoms with E-state index in [1.165, 1.54) is 23.1 Å². The van der Waals surface area contributed by atoms with Crippen LogP contribution in [0.1, 0.15) is 16.1 Å². The van der Waals surface area contributed by atoms with Crippen molar-refractivity contribution in [2.45, 2.75) is 11.1 Å². The van der Waals surface area contributed by atoms with Crippen LogP contribution in [0.15, 0.2) is 28.5 Å². The molecule has 0 aliphatic carbocycles. The number of benzene rings is 1. The largest absolute Gasteiger partial charge is 0.497 e. The smallest absolute Gasteiger partial charge is 0.257 e. The van der Waals surface area contributed by atoms with Crippen LogP contribution in [0.5, 0.6) is 5.75 Å². The predicted octanol–water partition coefficient (Wildman–Crippen LogP) is 2.29. The van der Waals surface area contributed by atoms with Gasteiger partial charge in [0.05, 0.1) is 22.8 Å². The summed E-state index contributed by atoms with van der Waals surface area (Å²) in [5.41, 5.74) is 6.40. The number of methoxy groups -OCH3 is 1. The Bertz CT molecular complexity index is 683. The highest BCUT2D eigenvalue weighted by molar-refractivity contribution is 8.01. The minimum Gasteiger partial charge on any atom is -0.497 e. The number of nitrogens with two attached hydrogens (primary N) is 1. The van der Waals surface area contributed by atoms with Crippen LogP contribution < -0.4 is 15.8 Å². The highest BCUT2D eigenvalue weighted by atomic mass is 32.2. The zero-order valence-electron chi connectivity index (χ0n) is 12.1.